The Labute approximate surface area is 139 Å². The van der Waals surface area contributed by atoms with Crippen LogP contribution in [-0.2, 0) is 16.6 Å². The number of hydrogen-bond acceptors (Lipinski definition) is 4. The third-order valence-electron chi connectivity index (χ3n) is 3.44. The standard InChI is InChI=1S/C16H16FNO5S/c1-18(10-11-3-5-12(23-2)6-4-11)24(21,22)13-7-8-15(17)14(9-13)16(19)20/h3-9H,10H2,1-2H3,(H,19,20). The zero-order valence-electron chi connectivity index (χ0n) is 13.1. The van der Waals surface area contributed by atoms with Gasteiger partial charge in [-0.05, 0) is 35.9 Å². The van der Waals surface area contributed by atoms with Crippen molar-refractivity contribution >= 4 is 16.0 Å². The van der Waals surface area contributed by atoms with Crippen LogP contribution in [0.15, 0.2) is 47.4 Å². The van der Waals surface area contributed by atoms with Gasteiger partial charge in [-0.15, -0.1) is 0 Å². The van der Waals surface area contributed by atoms with Gasteiger partial charge in [-0.1, -0.05) is 12.1 Å². The summed E-state index contributed by atoms with van der Waals surface area (Å²) < 4.78 is 44.6. The van der Waals surface area contributed by atoms with E-state index in [1.165, 1.54) is 14.2 Å². The molecule has 6 nitrogen and oxygen atoms in total. The highest BCUT2D eigenvalue weighted by Crippen LogP contribution is 2.21. The van der Waals surface area contributed by atoms with Gasteiger partial charge in [-0.2, -0.15) is 4.31 Å². The highest BCUT2D eigenvalue weighted by Gasteiger charge is 2.23. The molecular formula is C16H16FNO5S. The highest BCUT2D eigenvalue weighted by atomic mass is 32.2. The zero-order chi connectivity index (χ0) is 17.9. The van der Waals surface area contributed by atoms with Gasteiger partial charge in [0.15, 0.2) is 0 Å². The first-order valence-electron chi connectivity index (χ1n) is 6.88. The molecule has 2 aromatic rings. The first-order valence-corrected chi connectivity index (χ1v) is 8.32. The second-order valence-electron chi connectivity index (χ2n) is 5.06. The second kappa shape index (κ2) is 6.98. The van der Waals surface area contributed by atoms with Gasteiger partial charge in [0, 0.05) is 13.6 Å². The number of carboxylic acids is 1. The molecule has 0 aromatic heterocycles. The van der Waals surface area contributed by atoms with Crippen LogP contribution in [0.25, 0.3) is 0 Å². The number of carbonyl (C=O) groups is 1. The number of methoxy groups -OCH3 is 1. The van der Waals surface area contributed by atoms with Gasteiger partial charge in [0.05, 0.1) is 17.6 Å². The minimum absolute atomic E-state index is 0.0755. The van der Waals surface area contributed by atoms with Crippen LogP contribution in [0.1, 0.15) is 15.9 Å². The number of aromatic carboxylic acids is 1. The van der Waals surface area contributed by atoms with Crippen LogP contribution in [0.3, 0.4) is 0 Å². The summed E-state index contributed by atoms with van der Waals surface area (Å²) >= 11 is 0. The summed E-state index contributed by atoms with van der Waals surface area (Å²) in [5, 5.41) is 8.92. The average molecular weight is 353 g/mol. The molecule has 2 aromatic carbocycles. The zero-order valence-corrected chi connectivity index (χ0v) is 13.9. The number of carboxylic acid groups (broad SMARTS) is 1. The molecule has 0 spiro atoms. The van der Waals surface area contributed by atoms with E-state index in [9.17, 15) is 17.6 Å². The summed E-state index contributed by atoms with van der Waals surface area (Å²) in [6, 6.07) is 9.54. The van der Waals surface area contributed by atoms with Crippen LogP contribution in [0.4, 0.5) is 4.39 Å². The molecule has 0 aliphatic carbocycles. The summed E-state index contributed by atoms with van der Waals surface area (Å²) in [5.74, 6) is -1.87. The number of sulfonamides is 1. The van der Waals surface area contributed by atoms with E-state index in [0.29, 0.717) is 5.75 Å². The molecule has 0 fully saturated rings. The normalized spacial score (nSPS) is 11.5. The Morgan fingerprint density at radius 2 is 1.83 bits per heavy atom. The molecule has 0 amide bonds. The summed E-state index contributed by atoms with van der Waals surface area (Å²) in [6.07, 6.45) is 0. The topological polar surface area (TPSA) is 83.9 Å². The lowest BCUT2D eigenvalue weighted by molar-refractivity contribution is 0.0691. The maximum Gasteiger partial charge on any atom is 0.338 e. The molecular weight excluding hydrogens is 337 g/mol. The van der Waals surface area contributed by atoms with Crippen LogP contribution in [0.5, 0.6) is 5.75 Å². The van der Waals surface area contributed by atoms with E-state index >= 15 is 0 Å². The molecule has 1 N–H and O–H groups in total. The highest BCUT2D eigenvalue weighted by molar-refractivity contribution is 7.89. The Hall–Kier alpha value is -2.45. The fraction of sp³-hybridized carbons (Fsp3) is 0.188. The van der Waals surface area contributed by atoms with E-state index in [-0.39, 0.29) is 11.4 Å². The summed E-state index contributed by atoms with van der Waals surface area (Å²) in [7, 11) is -1.06. The molecule has 0 aliphatic rings. The number of nitrogens with zero attached hydrogens (tertiary/aromatic N) is 1. The van der Waals surface area contributed by atoms with E-state index in [4.69, 9.17) is 9.84 Å². The van der Waals surface area contributed by atoms with Crippen molar-refractivity contribution in [1.82, 2.24) is 4.31 Å². The predicted octanol–water partition coefficient (Wildman–Crippen LogP) is 2.35. The Kier molecular flexibility index (Phi) is 5.20. The number of ether oxygens (including phenoxy) is 1. The van der Waals surface area contributed by atoms with Crippen LogP contribution >= 0.6 is 0 Å². The number of rotatable bonds is 6. The van der Waals surface area contributed by atoms with Crippen molar-refractivity contribution < 1.29 is 27.4 Å². The van der Waals surface area contributed by atoms with Crippen LogP contribution in [0, 0.1) is 5.82 Å². The molecule has 8 heteroatoms. The van der Waals surface area contributed by atoms with Gasteiger partial charge in [0.25, 0.3) is 0 Å². The molecule has 0 aliphatic heterocycles. The van der Waals surface area contributed by atoms with E-state index in [1.54, 1.807) is 24.3 Å². The van der Waals surface area contributed by atoms with Crippen LogP contribution in [-0.4, -0.2) is 38.0 Å². The van der Waals surface area contributed by atoms with Gasteiger partial charge in [0.2, 0.25) is 10.0 Å². The van der Waals surface area contributed by atoms with E-state index in [2.05, 4.69) is 0 Å². The quantitative estimate of drug-likeness (QED) is 0.862. The third kappa shape index (κ3) is 3.72. The summed E-state index contributed by atoms with van der Waals surface area (Å²) in [4.78, 5) is 10.7. The molecule has 24 heavy (non-hydrogen) atoms. The molecule has 0 atom stereocenters. The smallest absolute Gasteiger partial charge is 0.338 e. The average Bonchev–Trinajstić information content (AvgIpc) is 2.55. The van der Waals surface area contributed by atoms with Gasteiger partial charge >= 0.3 is 5.97 Å². The van der Waals surface area contributed by atoms with Crippen molar-refractivity contribution in [3.8, 4) is 5.75 Å². The largest absolute Gasteiger partial charge is 0.497 e. The lowest BCUT2D eigenvalue weighted by atomic mass is 10.2. The lowest BCUT2D eigenvalue weighted by Gasteiger charge is -2.18. The number of halogens is 1. The Bertz CT molecular complexity index is 849. The molecule has 2 rings (SSSR count). The molecule has 0 unspecified atom stereocenters. The van der Waals surface area contributed by atoms with Gasteiger partial charge in [-0.25, -0.2) is 17.6 Å². The summed E-state index contributed by atoms with van der Waals surface area (Å²) in [6.45, 7) is 0.0755. The van der Waals surface area contributed by atoms with Gasteiger partial charge < -0.3 is 9.84 Å². The molecule has 0 bridgehead atoms. The minimum atomic E-state index is -3.95. The number of hydrogen-bond donors (Lipinski definition) is 1. The van der Waals surface area contributed by atoms with E-state index in [0.717, 1.165) is 28.1 Å². The van der Waals surface area contributed by atoms with Crippen molar-refractivity contribution in [1.29, 1.82) is 0 Å². The summed E-state index contributed by atoms with van der Waals surface area (Å²) in [5.41, 5.74) is 0.0383. The lowest BCUT2D eigenvalue weighted by Crippen LogP contribution is -2.26. The van der Waals surface area contributed by atoms with Crippen molar-refractivity contribution in [3.05, 3.63) is 59.4 Å². The molecule has 0 saturated carbocycles. The molecule has 0 radical (unpaired) electrons. The Morgan fingerprint density at radius 3 is 2.38 bits per heavy atom. The third-order valence-corrected chi connectivity index (χ3v) is 5.24. The molecule has 0 saturated heterocycles. The predicted molar refractivity (Wildman–Crippen MR) is 85.0 cm³/mol. The number of benzene rings is 2. The maximum absolute atomic E-state index is 13.4. The monoisotopic (exact) mass is 353 g/mol. The first-order chi connectivity index (χ1) is 11.3. The maximum atomic E-state index is 13.4. The fourth-order valence-electron chi connectivity index (χ4n) is 2.08. The first kappa shape index (κ1) is 17.9. The van der Waals surface area contributed by atoms with Crippen LogP contribution < -0.4 is 4.74 Å². The van der Waals surface area contributed by atoms with Crippen molar-refractivity contribution in [2.45, 2.75) is 11.4 Å². The Balaban J connectivity index is 2.28. The van der Waals surface area contributed by atoms with E-state index in [1.807, 2.05) is 0 Å². The van der Waals surface area contributed by atoms with Gasteiger partial charge in [0.1, 0.15) is 11.6 Å². The fourth-order valence-corrected chi connectivity index (χ4v) is 3.27. The van der Waals surface area contributed by atoms with E-state index < -0.39 is 27.4 Å². The minimum Gasteiger partial charge on any atom is -0.497 e. The van der Waals surface area contributed by atoms with Crippen molar-refractivity contribution in [2.24, 2.45) is 0 Å². The Morgan fingerprint density at radius 1 is 1.21 bits per heavy atom. The van der Waals surface area contributed by atoms with Gasteiger partial charge in [-0.3, -0.25) is 0 Å². The SMILES string of the molecule is COc1ccc(CN(C)S(=O)(=O)c2ccc(F)c(C(=O)O)c2)cc1. The van der Waals surface area contributed by atoms with Crippen molar-refractivity contribution in [2.75, 3.05) is 14.2 Å². The van der Waals surface area contributed by atoms with Crippen LogP contribution in [0.2, 0.25) is 0 Å². The van der Waals surface area contributed by atoms with Crippen molar-refractivity contribution in [3.63, 3.8) is 0 Å². The molecule has 0 heterocycles. The second-order valence-corrected chi connectivity index (χ2v) is 7.10. The molecule has 128 valence electrons.